The fourth-order valence-electron chi connectivity index (χ4n) is 2.12. The van der Waals surface area contributed by atoms with E-state index in [1.165, 1.54) is 0 Å². The molecule has 0 bridgehead atoms. The smallest absolute Gasteiger partial charge is 0.119 e. The maximum absolute atomic E-state index is 6.27. The molecule has 108 valence electrons. The summed E-state index contributed by atoms with van der Waals surface area (Å²) in [6.07, 6.45) is 2.73. The van der Waals surface area contributed by atoms with Gasteiger partial charge in [0.25, 0.3) is 0 Å². The molecule has 0 aliphatic heterocycles. The van der Waals surface area contributed by atoms with Crippen LogP contribution in [-0.4, -0.2) is 16.4 Å². The van der Waals surface area contributed by atoms with E-state index < -0.39 is 0 Å². The van der Waals surface area contributed by atoms with Crippen LogP contribution in [0.2, 0.25) is 0 Å². The van der Waals surface area contributed by atoms with E-state index in [1.807, 2.05) is 48.1 Å². The van der Waals surface area contributed by atoms with Crippen LogP contribution in [0.1, 0.15) is 44.1 Å². The zero-order valence-electron chi connectivity index (χ0n) is 12.4. The highest BCUT2D eigenvalue weighted by Gasteiger charge is 2.11. The van der Waals surface area contributed by atoms with Crippen molar-refractivity contribution in [3.8, 4) is 5.75 Å². The maximum atomic E-state index is 6.27. The van der Waals surface area contributed by atoms with E-state index in [2.05, 4.69) is 18.9 Å². The summed E-state index contributed by atoms with van der Waals surface area (Å²) in [6, 6.07) is 10.3. The topological polar surface area (TPSA) is 53.1 Å². The van der Waals surface area contributed by atoms with Gasteiger partial charge in [-0.3, -0.25) is 4.68 Å². The van der Waals surface area contributed by atoms with E-state index in [1.54, 1.807) is 0 Å². The Labute approximate surface area is 120 Å². The van der Waals surface area contributed by atoms with Gasteiger partial charge in [-0.1, -0.05) is 12.1 Å². The number of ether oxygens (including phenoxy) is 1. The number of rotatable bonds is 6. The molecule has 1 atom stereocenters. The fraction of sp³-hybridized carbons (Fsp3) is 0.438. The Kier molecular flexibility index (Phi) is 4.79. The van der Waals surface area contributed by atoms with Crippen LogP contribution >= 0.6 is 0 Å². The molecule has 20 heavy (non-hydrogen) atoms. The molecule has 0 saturated heterocycles. The largest absolute Gasteiger partial charge is 0.494 e. The number of nitrogens with zero attached hydrogens (tertiary/aromatic N) is 2. The first kappa shape index (κ1) is 14.6. The molecule has 2 N–H and O–H groups in total. The van der Waals surface area contributed by atoms with Gasteiger partial charge in [-0.2, -0.15) is 5.10 Å². The molecule has 1 heterocycles. The van der Waals surface area contributed by atoms with Crippen molar-refractivity contribution in [2.75, 3.05) is 6.61 Å². The SMILES string of the molecule is CCOc1cccc(C(N)Cc2ccn(C(C)C)n2)c1. The first-order valence-electron chi connectivity index (χ1n) is 7.12. The summed E-state index contributed by atoms with van der Waals surface area (Å²) in [5, 5.41) is 4.54. The summed E-state index contributed by atoms with van der Waals surface area (Å²) < 4.78 is 7.46. The molecule has 0 fully saturated rings. The molecule has 0 saturated carbocycles. The minimum atomic E-state index is -0.0640. The lowest BCUT2D eigenvalue weighted by Gasteiger charge is -2.12. The van der Waals surface area contributed by atoms with Gasteiger partial charge >= 0.3 is 0 Å². The second-order valence-corrected chi connectivity index (χ2v) is 5.20. The fourth-order valence-corrected chi connectivity index (χ4v) is 2.12. The first-order chi connectivity index (χ1) is 9.60. The average molecular weight is 273 g/mol. The van der Waals surface area contributed by atoms with Crippen molar-refractivity contribution >= 4 is 0 Å². The van der Waals surface area contributed by atoms with Gasteiger partial charge in [0.05, 0.1) is 12.3 Å². The van der Waals surface area contributed by atoms with Gasteiger partial charge in [-0.25, -0.2) is 0 Å². The molecule has 0 aliphatic carbocycles. The first-order valence-corrected chi connectivity index (χ1v) is 7.12. The van der Waals surface area contributed by atoms with Crippen LogP contribution in [0.5, 0.6) is 5.75 Å². The monoisotopic (exact) mass is 273 g/mol. The van der Waals surface area contributed by atoms with Crippen LogP contribution in [0, 0.1) is 0 Å². The van der Waals surface area contributed by atoms with Gasteiger partial charge in [-0.05, 0) is 44.5 Å². The lowest BCUT2D eigenvalue weighted by molar-refractivity contribution is 0.339. The molecule has 1 aromatic carbocycles. The summed E-state index contributed by atoms with van der Waals surface area (Å²) in [6.45, 7) is 6.87. The van der Waals surface area contributed by atoms with Crippen LogP contribution in [0.15, 0.2) is 36.5 Å². The highest BCUT2D eigenvalue weighted by atomic mass is 16.5. The molecule has 1 unspecified atom stereocenters. The number of aromatic nitrogens is 2. The van der Waals surface area contributed by atoms with Crippen LogP contribution in [0.4, 0.5) is 0 Å². The second kappa shape index (κ2) is 6.57. The van der Waals surface area contributed by atoms with Gasteiger partial charge in [0.15, 0.2) is 0 Å². The van der Waals surface area contributed by atoms with Gasteiger partial charge in [0.2, 0.25) is 0 Å². The zero-order valence-corrected chi connectivity index (χ0v) is 12.4. The predicted octanol–water partition coefficient (Wildman–Crippen LogP) is 3.11. The van der Waals surface area contributed by atoms with Crippen LogP contribution in [0.3, 0.4) is 0 Å². The van der Waals surface area contributed by atoms with Crippen molar-refractivity contribution in [1.29, 1.82) is 0 Å². The minimum Gasteiger partial charge on any atom is -0.494 e. The molecular formula is C16H23N3O. The highest BCUT2D eigenvalue weighted by molar-refractivity contribution is 5.31. The molecule has 0 spiro atoms. The number of hydrogen-bond donors (Lipinski definition) is 1. The Morgan fingerprint density at radius 1 is 1.30 bits per heavy atom. The van der Waals surface area contributed by atoms with Gasteiger partial charge in [0, 0.05) is 24.7 Å². The standard InChI is InChI=1S/C16H23N3O/c1-4-20-15-7-5-6-13(10-15)16(17)11-14-8-9-19(18-14)12(2)3/h5-10,12,16H,4,11,17H2,1-3H3. The number of benzene rings is 1. The molecule has 0 amide bonds. The van der Waals surface area contributed by atoms with Crippen LogP contribution in [0.25, 0.3) is 0 Å². The van der Waals surface area contributed by atoms with Gasteiger partial charge in [0.1, 0.15) is 5.75 Å². The van der Waals surface area contributed by atoms with Crippen molar-refractivity contribution in [1.82, 2.24) is 9.78 Å². The van der Waals surface area contributed by atoms with E-state index in [9.17, 15) is 0 Å². The molecule has 1 aromatic heterocycles. The highest BCUT2D eigenvalue weighted by Crippen LogP contribution is 2.20. The minimum absolute atomic E-state index is 0.0640. The molecule has 0 radical (unpaired) electrons. The normalized spacial score (nSPS) is 12.7. The van der Waals surface area contributed by atoms with E-state index in [0.717, 1.165) is 23.4 Å². The maximum Gasteiger partial charge on any atom is 0.119 e. The van der Waals surface area contributed by atoms with Gasteiger partial charge in [-0.15, -0.1) is 0 Å². The van der Waals surface area contributed by atoms with Crippen molar-refractivity contribution in [2.24, 2.45) is 5.73 Å². The van der Waals surface area contributed by atoms with Crippen LogP contribution in [-0.2, 0) is 6.42 Å². The Hall–Kier alpha value is -1.81. The third kappa shape index (κ3) is 3.61. The molecular weight excluding hydrogens is 250 g/mol. The van der Waals surface area contributed by atoms with Crippen LogP contribution < -0.4 is 10.5 Å². The molecule has 0 aliphatic rings. The van der Waals surface area contributed by atoms with E-state index >= 15 is 0 Å². The van der Waals surface area contributed by atoms with Crippen molar-refractivity contribution in [3.05, 3.63) is 47.8 Å². The summed E-state index contributed by atoms with van der Waals surface area (Å²) in [5.74, 6) is 0.869. The lowest BCUT2D eigenvalue weighted by Crippen LogP contribution is -2.14. The van der Waals surface area contributed by atoms with Crippen molar-refractivity contribution in [2.45, 2.75) is 39.3 Å². The summed E-state index contributed by atoms with van der Waals surface area (Å²) in [5.41, 5.74) is 8.37. The molecule has 2 rings (SSSR count). The Balaban J connectivity index is 2.06. The van der Waals surface area contributed by atoms with Gasteiger partial charge < -0.3 is 10.5 Å². The summed E-state index contributed by atoms with van der Waals surface area (Å²) in [7, 11) is 0. The Morgan fingerprint density at radius 3 is 2.75 bits per heavy atom. The molecule has 2 aromatic rings. The Bertz CT molecular complexity index is 548. The van der Waals surface area contributed by atoms with E-state index in [-0.39, 0.29) is 6.04 Å². The number of nitrogens with two attached hydrogens (primary N) is 1. The Morgan fingerprint density at radius 2 is 2.10 bits per heavy atom. The van der Waals surface area contributed by atoms with Crippen molar-refractivity contribution in [3.63, 3.8) is 0 Å². The third-order valence-corrected chi connectivity index (χ3v) is 3.22. The quantitative estimate of drug-likeness (QED) is 0.880. The zero-order chi connectivity index (χ0) is 14.5. The predicted molar refractivity (Wildman–Crippen MR) is 80.9 cm³/mol. The van der Waals surface area contributed by atoms with E-state index in [4.69, 9.17) is 10.5 Å². The molecule has 4 nitrogen and oxygen atoms in total. The average Bonchev–Trinajstić information content (AvgIpc) is 2.88. The van der Waals surface area contributed by atoms with Crippen molar-refractivity contribution < 1.29 is 4.74 Å². The third-order valence-electron chi connectivity index (χ3n) is 3.22. The summed E-state index contributed by atoms with van der Waals surface area (Å²) in [4.78, 5) is 0. The summed E-state index contributed by atoms with van der Waals surface area (Å²) >= 11 is 0. The lowest BCUT2D eigenvalue weighted by atomic mass is 10.0. The molecule has 4 heteroatoms. The second-order valence-electron chi connectivity index (χ2n) is 5.20. The van der Waals surface area contributed by atoms with E-state index in [0.29, 0.717) is 12.6 Å². The number of hydrogen-bond acceptors (Lipinski definition) is 3.